The number of halogens is 2. The van der Waals surface area contributed by atoms with Gasteiger partial charge in [0.15, 0.2) is 5.78 Å². The van der Waals surface area contributed by atoms with Crippen molar-refractivity contribution >= 4 is 46.7 Å². The highest BCUT2D eigenvalue weighted by Gasteiger charge is 2.09. The first-order chi connectivity index (χ1) is 12.9. The predicted molar refractivity (Wildman–Crippen MR) is 105 cm³/mol. The number of benzene rings is 2. The molecule has 9 heteroatoms. The number of anilines is 2. The molecule has 2 amide bonds. The maximum atomic E-state index is 12.1. The zero-order valence-electron chi connectivity index (χ0n) is 14.2. The minimum absolute atomic E-state index is 0.0817. The van der Waals surface area contributed by atoms with E-state index < -0.39 is 6.03 Å². The van der Waals surface area contributed by atoms with E-state index in [4.69, 9.17) is 23.2 Å². The number of urea groups is 1. The molecule has 0 spiro atoms. The van der Waals surface area contributed by atoms with Gasteiger partial charge in [0, 0.05) is 11.3 Å². The molecule has 0 bridgehead atoms. The van der Waals surface area contributed by atoms with Crippen molar-refractivity contribution in [3.05, 3.63) is 70.0 Å². The van der Waals surface area contributed by atoms with Gasteiger partial charge in [0.25, 0.3) is 0 Å². The van der Waals surface area contributed by atoms with Crippen LogP contribution in [0.2, 0.25) is 10.0 Å². The van der Waals surface area contributed by atoms with Crippen LogP contribution in [0.1, 0.15) is 22.8 Å². The van der Waals surface area contributed by atoms with E-state index in [0.29, 0.717) is 27.8 Å². The number of Topliss-reactive ketones (excluding diaryl/α,β-unsaturated/α-hetero) is 1. The SMILES string of the molecule is CC(=O)c1cccc(NC(=O)Nc2ncn(Cc3ccc(Cl)c(Cl)c3)n2)c1. The summed E-state index contributed by atoms with van der Waals surface area (Å²) in [7, 11) is 0. The summed E-state index contributed by atoms with van der Waals surface area (Å²) in [5.74, 6) is 0.0667. The number of hydrogen-bond acceptors (Lipinski definition) is 4. The van der Waals surface area contributed by atoms with Gasteiger partial charge < -0.3 is 5.32 Å². The monoisotopic (exact) mass is 403 g/mol. The van der Waals surface area contributed by atoms with Crippen molar-refractivity contribution in [2.24, 2.45) is 0 Å². The van der Waals surface area contributed by atoms with Crippen molar-refractivity contribution in [3.63, 3.8) is 0 Å². The second-order valence-corrected chi connectivity index (χ2v) is 6.54. The molecule has 2 aromatic carbocycles. The molecule has 0 atom stereocenters. The molecular weight excluding hydrogens is 389 g/mol. The summed E-state index contributed by atoms with van der Waals surface area (Å²) >= 11 is 11.9. The Balaban J connectivity index is 1.61. The molecule has 0 aliphatic heterocycles. The van der Waals surface area contributed by atoms with Crippen molar-refractivity contribution in [1.29, 1.82) is 0 Å². The third-order valence-corrected chi connectivity index (χ3v) is 4.36. The summed E-state index contributed by atoms with van der Waals surface area (Å²) in [6.45, 7) is 1.89. The second-order valence-electron chi connectivity index (χ2n) is 5.73. The third-order valence-electron chi connectivity index (χ3n) is 3.62. The van der Waals surface area contributed by atoms with Gasteiger partial charge in [-0.3, -0.25) is 10.1 Å². The Morgan fingerprint density at radius 3 is 2.63 bits per heavy atom. The fraction of sp³-hybridized carbons (Fsp3) is 0.111. The minimum atomic E-state index is -0.511. The van der Waals surface area contributed by atoms with Gasteiger partial charge in [0.2, 0.25) is 5.95 Å². The first-order valence-corrected chi connectivity index (χ1v) is 8.68. The van der Waals surface area contributed by atoms with Gasteiger partial charge in [0.1, 0.15) is 6.33 Å². The smallest absolute Gasteiger partial charge is 0.308 e. The van der Waals surface area contributed by atoms with Gasteiger partial charge in [-0.2, -0.15) is 0 Å². The van der Waals surface area contributed by atoms with E-state index in [-0.39, 0.29) is 11.7 Å². The highest BCUT2D eigenvalue weighted by atomic mass is 35.5. The molecule has 0 aliphatic carbocycles. The Labute approximate surface area is 165 Å². The Morgan fingerprint density at radius 2 is 1.89 bits per heavy atom. The van der Waals surface area contributed by atoms with Crippen LogP contribution in [0.3, 0.4) is 0 Å². The summed E-state index contributed by atoms with van der Waals surface area (Å²) < 4.78 is 1.56. The molecule has 0 unspecified atom stereocenters. The molecule has 27 heavy (non-hydrogen) atoms. The van der Waals surface area contributed by atoms with E-state index in [2.05, 4.69) is 20.7 Å². The van der Waals surface area contributed by atoms with Crippen molar-refractivity contribution in [2.45, 2.75) is 13.5 Å². The number of aromatic nitrogens is 3. The molecule has 0 aliphatic rings. The zero-order chi connectivity index (χ0) is 19.4. The number of hydrogen-bond donors (Lipinski definition) is 2. The van der Waals surface area contributed by atoms with Crippen LogP contribution in [0.4, 0.5) is 16.4 Å². The van der Waals surface area contributed by atoms with E-state index in [1.54, 1.807) is 41.1 Å². The average molecular weight is 404 g/mol. The molecular formula is C18H15Cl2N5O2. The standard InChI is InChI=1S/C18H15Cl2N5O2/c1-11(26)13-3-2-4-14(8-13)22-18(27)23-17-21-10-25(24-17)9-12-5-6-15(19)16(20)7-12/h2-8,10H,9H2,1H3,(H2,22,23,24,27). The number of nitrogens with one attached hydrogen (secondary N) is 2. The zero-order valence-corrected chi connectivity index (χ0v) is 15.8. The van der Waals surface area contributed by atoms with Crippen LogP contribution >= 0.6 is 23.2 Å². The van der Waals surface area contributed by atoms with E-state index >= 15 is 0 Å². The summed E-state index contributed by atoms with van der Waals surface area (Å²) in [5, 5.41) is 10.3. The van der Waals surface area contributed by atoms with Gasteiger partial charge in [0.05, 0.1) is 16.6 Å². The van der Waals surface area contributed by atoms with Crippen LogP contribution < -0.4 is 10.6 Å². The molecule has 3 aromatic rings. The van der Waals surface area contributed by atoms with Crippen LogP contribution in [0.25, 0.3) is 0 Å². The van der Waals surface area contributed by atoms with Gasteiger partial charge in [-0.15, -0.1) is 5.10 Å². The lowest BCUT2D eigenvalue weighted by Gasteiger charge is -2.06. The molecule has 0 saturated heterocycles. The van der Waals surface area contributed by atoms with Crippen LogP contribution in [-0.4, -0.2) is 26.6 Å². The van der Waals surface area contributed by atoms with Crippen LogP contribution in [0.5, 0.6) is 0 Å². The second kappa shape index (κ2) is 8.20. The summed E-state index contributed by atoms with van der Waals surface area (Å²) in [4.78, 5) is 27.5. The number of amides is 2. The molecule has 2 N–H and O–H groups in total. The molecule has 138 valence electrons. The fourth-order valence-electron chi connectivity index (χ4n) is 2.33. The van der Waals surface area contributed by atoms with E-state index in [0.717, 1.165) is 5.56 Å². The highest BCUT2D eigenvalue weighted by Crippen LogP contribution is 2.23. The molecule has 1 aromatic heterocycles. The van der Waals surface area contributed by atoms with Crippen molar-refractivity contribution in [2.75, 3.05) is 10.6 Å². The summed E-state index contributed by atoms with van der Waals surface area (Å²) in [5.41, 5.74) is 1.90. The van der Waals surface area contributed by atoms with Gasteiger partial charge in [-0.25, -0.2) is 14.5 Å². The van der Waals surface area contributed by atoms with Gasteiger partial charge in [-0.05, 0) is 36.8 Å². The minimum Gasteiger partial charge on any atom is -0.308 e. The lowest BCUT2D eigenvalue weighted by molar-refractivity contribution is 0.101. The van der Waals surface area contributed by atoms with E-state index in [9.17, 15) is 9.59 Å². The van der Waals surface area contributed by atoms with Crippen LogP contribution in [-0.2, 0) is 6.54 Å². The molecule has 0 fully saturated rings. The molecule has 0 radical (unpaired) electrons. The van der Waals surface area contributed by atoms with Gasteiger partial charge in [-0.1, -0.05) is 41.4 Å². The van der Waals surface area contributed by atoms with E-state index in [1.165, 1.54) is 13.3 Å². The van der Waals surface area contributed by atoms with Crippen LogP contribution in [0, 0.1) is 0 Å². The number of carbonyl (C=O) groups is 2. The molecule has 3 rings (SSSR count). The van der Waals surface area contributed by atoms with Crippen molar-refractivity contribution < 1.29 is 9.59 Å². The summed E-state index contributed by atoms with van der Waals surface area (Å²) in [6.07, 6.45) is 1.49. The topological polar surface area (TPSA) is 88.9 Å². The number of rotatable bonds is 5. The fourth-order valence-corrected chi connectivity index (χ4v) is 2.65. The molecule has 1 heterocycles. The normalized spacial score (nSPS) is 10.5. The predicted octanol–water partition coefficient (Wildman–Crippen LogP) is 4.48. The lowest BCUT2D eigenvalue weighted by Crippen LogP contribution is -2.20. The van der Waals surface area contributed by atoms with Crippen molar-refractivity contribution in [1.82, 2.24) is 14.8 Å². The number of nitrogens with zero attached hydrogens (tertiary/aromatic N) is 3. The number of ketones is 1. The van der Waals surface area contributed by atoms with Gasteiger partial charge >= 0.3 is 6.03 Å². The Morgan fingerprint density at radius 1 is 1.07 bits per heavy atom. The first kappa shape index (κ1) is 18.9. The lowest BCUT2D eigenvalue weighted by atomic mass is 10.1. The largest absolute Gasteiger partial charge is 0.326 e. The molecule has 7 nitrogen and oxygen atoms in total. The first-order valence-electron chi connectivity index (χ1n) is 7.93. The maximum Gasteiger partial charge on any atom is 0.326 e. The van der Waals surface area contributed by atoms with E-state index in [1.807, 2.05) is 6.07 Å². The quantitative estimate of drug-likeness (QED) is 0.614. The van der Waals surface area contributed by atoms with Crippen LogP contribution in [0.15, 0.2) is 48.8 Å². The average Bonchev–Trinajstić information content (AvgIpc) is 3.05. The Hall–Kier alpha value is -2.90. The number of carbonyl (C=O) groups excluding carboxylic acids is 2. The third kappa shape index (κ3) is 5.06. The maximum absolute atomic E-state index is 12.1. The molecule has 0 saturated carbocycles. The summed E-state index contributed by atoms with van der Waals surface area (Å²) in [6, 6.07) is 11.4. The Kier molecular flexibility index (Phi) is 5.73. The Bertz CT molecular complexity index is 1000. The highest BCUT2D eigenvalue weighted by molar-refractivity contribution is 6.42. The van der Waals surface area contributed by atoms with Crippen molar-refractivity contribution in [3.8, 4) is 0 Å².